The first-order valence-corrected chi connectivity index (χ1v) is 9.94. The molecule has 140 valence electrons. The van der Waals surface area contributed by atoms with Gasteiger partial charge in [-0.15, -0.1) is 0 Å². The van der Waals surface area contributed by atoms with Crippen molar-refractivity contribution in [3.05, 3.63) is 36.4 Å². The van der Waals surface area contributed by atoms with Crippen LogP contribution in [0.1, 0.15) is 31.2 Å². The van der Waals surface area contributed by atoms with E-state index in [0.29, 0.717) is 12.0 Å². The van der Waals surface area contributed by atoms with Crippen LogP contribution in [0.3, 0.4) is 0 Å². The summed E-state index contributed by atoms with van der Waals surface area (Å²) in [5.74, 6) is 1.16. The van der Waals surface area contributed by atoms with E-state index in [4.69, 9.17) is 4.98 Å². The molecule has 2 N–H and O–H groups in total. The predicted octanol–water partition coefficient (Wildman–Crippen LogP) is 2.65. The Kier molecular flexibility index (Phi) is 3.05. The van der Waals surface area contributed by atoms with Gasteiger partial charge in [0.1, 0.15) is 5.65 Å². The number of aromatic amines is 1. The molecule has 0 amide bonds. The topological polar surface area (TPSA) is 70.0 Å². The molecule has 2 saturated carbocycles. The molecule has 4 fully saturated rings. The summed E-state index contributed by atoms with van der Waals surface area (Å²) >= 11 is 0. The Morgan fingerprint density at radius 2 is 2.11 bits per heavy atom. The normalized spacial score (nSPS) is 35.4. The average molecular weight is 363 g/mol. The van der Waals surface area contributed by atoms with Crippen molar-refractivity contribution in [2.45, 2.75) is 43.4 Å². The predicted molar refractivity (Wildman–Crippen MR) is 103 cm³/mol. The highest BCUT2D eigenvalue weighted by atomic mass is 16.3. The molecule has 3 aromatic rings. The number of aliphatic hydroxyl groups is 1. The van der Waals surface area contributed by atoms with E-state index >= 15 is 0 Å². The first-order chi connectivity index (χ1) is 13.1. The molecule has 4 aliphatic rings. The molecule has 2 aliphatic carbocycles. The number of hydrogen-bond donors (Lipinski definition) is 2. The summed E-state index contributed by atoms with van der Waals surface area (Å²) in [4.78, 5) is 10.5. The zero-order chi connectivity index (χ0) is 18.3. The van der Waals surface area contributed by atoms with Gasteiger partial charge < -0.3 is 10.1 Å². The molecule has 3 aromatic heterocycles. The summed E-state index contributed by atoms with van der Waals surface area (Å²) in [5.41, 5.74) is 3.96. The standard InChI is InChI=1S/C21H25N5O/c1-25-11-14(8-24-25)18-10-23-20-17(18)6-15(9-22-20)21-7-12-3-13(19(21)27)5-16(4-12)26(21)2/h6,8-13,16,19,27H,3-5,7H2,1-2H3,(H,22,23). The summed E-state index contributed by atoms with van der Waals surface area (Å²) in [5, 5.41) is 16.7. The van der Waals surface area contributed by atoms with Gasteiger partial charge in [0.2, 0.25) is 0 Å². The summed E-state index contributed by atoms with van der Waals surface area (Å²) in [6.45, 7) is 0. The maximum Gasteiger partial charge on any atom is 0.137 e. The number of hydrogen-bond acceptors (Lipinski definition) is 4. The highest BCUT2D eigenvalue weighted by molar-refractivity contribution is 5.93. The van der Waals surface area contributed by atoms with Gasteiger partial charge in [-0.2, -0.15) is 5.10 Å². The van der Waals surface area contributed by atoms with E-state index < -0.39 is 0 Å². The molecule has 2 aliphatic heterocycles. The molecule has 6 nitrogen and oxygen atoms in total. The quantitative estimate of drug-likeness (QED) is 0.734. The van der Waals surface area contributed by atoms with Gasteiger partial charge in [-0.3, -0.25) is 9.58 Å². The lowest BCUT2D eigenvalue weighted by Gasteiger charge is -2.64. The fourth-order valence-corrected chi connectivity index (χ4v) is 6.35. The fraction of sp³-hybridized carbons (Fsp3) is 0.524. The van der Waals surface area contributed by atoms with Crippen molar-refractivity contribution in [1.29, 1.82) is 0 Å². The number of aromatic nitrogens is 4. The van der Waals surface area contributed by atoms with Crippen LogP contribution in [-0.4, -0.2) is 48.9 Å². The molecule has 6 heteroatoms. The van der Waals surface area contributed by atoms with Gasteiger partial charge in [0, 0.05) is 48.2 Å². The molecular formula is C21H25N5O. The maximum absolute atomic E-state index is 11.3. The first-order valence-electron chi connectivity index (χ1n) is 9.94. The monoisotopic (exact) mass is 363 g/mol. The Morgan fingerprint density at radius 3 is 2.93 bits per heavy atom. The van der Waals surface area contributed by atoms with Crippen molar-refractivity contribution < 1.29 is 5.11 Å². The lowest BCUT2D eigenvalue weighted by Crippen LogP contribution is -2.69. The molecular weight excluding hydrogens is 338 g/mol. The minimum absolute atomic E-state index is 0.292. The molecule has 2 saturated heterocycles. The number of aliphatic hydroxyl groups excluding tert-OH is 1. The minimum Gasteiger partial charge on any atom is -0.391 e. The second-order valence-corrected chi connectivity index (χ2v) is 8.90. The second-order valence-electron chi connectivity index (χ2n) is 8.90. The number of H-pyrrole nitrogens is 1. The van der Waals surface area contributed by atoms with Gasteiger partial charge in [0.05, 0.1) is 17.8 Å². The number of rotatable bonds is 2. The molecule has 5 heterocycles. The largest absolute Gasteiger partial charge is 0.391 e. The summed E-state index contributed by atoms with van der Waals surface area (Å²) in [6.07, 6.45) is 12.2. The fourth-order valence-electron chi connectivity index (χ4n) is 6.35. The summed E-state index contributed by atoms with van der Waals surface area (Å²) < 4.78 is 1.82. The van der Waals surface area contributed by atoms with Crippen LogP contribution in [0.15, 0.2) is 30.9 Å². The van der Waals surface area contributed by atoms with E-state index in [9.17, 15) is 5.11 Å². The van der Waals surface area contributed by atoms with E-state index in [2.05, 4.69) is 28.1 Å². The SMILES string of the molecule is CN1C2CC3CC(C2)C(O)C1(c1cnc2[nH]cc(-c4cnn(C)c4)c2c1)C3. The van der Waals surface area contributed by atoms with Crippen LogP contribution in [0.4, 0.5) is 0 Å². The van der Waals surface area contributed by atoms with Crippen molar-refractivity contribution in [3.63, 3.8) is 0 Å². The van der Waals surface area contributed by atoms with Gasteiger partial charge in [0.15, 0.2) is 0 Å². The number of piperidine rings is 2. The molecule has 5 unspecified atom stereocenters. The lowest BCUT2D eigenvalue weighted by molar-refractivity contribution is -0.191. The third-order valence-electron chi connectivity index (χ3n) is 7.58. The number of nitrogens with one attached hydrogen (secondary N) is 1. The molecule has 0 spiro atoms. The Labute approximate surface area is 158 Å². The van der Waals surface area contributed by atoms with Gasteiger partial charge in [0.25, 0.3) is 0 Å². The summed E-state index contributed by atoms with van der Waals surface area (Å²) in [7, 11) is 4.14. The Hall–Kier alpha value is -2.18. The second kappa shape index (κ2) is 5.20. The van der Waals surface area contributed by atoms with Crippen LogP contribution in [-0.2, 0) is 12.6 Å². The van der Waals surface area contributed by atoms with Crippen LogP contribution in [0.5, 0.6) is 0 Å². The van der Waals surface area contributed by atoms with Crippen LogP contribution in [0.25, 0.3) is 22.2 Å². The van der Waals surface area contributed by atoms with E-state index in [0.717, 1.165) is 46.5 Å². The lowest BCUT2D eigenvalue weighted by atomic mass is 9.55. The number of aryl methyl sites for hydroxylation is 1. The van der Waals surface area contributed by atoms with Crippen molar-refractivity contribution in [2.75, 3.05) is 7.05 Å². The first kappa shape index (κ1) is 15.8. The Bertz CT molecular complexity index is 1020. The van der Waals surface area contributed by atoms with Gasteiger partial charge in [-0.1, -0.05) is 0 Å². The van der Waals surface area contributed by atoms with Crippen molar-refractivity contribution in [3.8, 4) is 11.1 Å². The number of likely N-dealkylation sites (N-methyl/N-ethyl adjacent to an activating group) is 1. The smallest absolute Gasteiger partial charge is 0.137 e. The third-order valence-corrected chi connectivity index (χ3v) is 7.58. The van der Waals surface area contributed by atoms with Crippen molar-refractivity contribution in [1.82, 2.24) is 24.6 Å². The average Bonchev–Trinajstić information content (AvgIpc) is 3.28. The Balaban J connectivity index is 1.53. The molecule has 0 aromatic carbocycles. The van der Waals surface area contributed by atoms with E-state index in [1.54, 1.807) is 0 Å². The number of fused-ring (bicyclic) bond motifs is 1. The number of pyridine rings is 1. The zero-order valence-corrected chi connectivity index (χ0v) is 15.8. The van der Waals surface area contributed by atoms with Crippen molar-refractivity contribution >= 4 is 11.0 Å². The molecule has 4 bridgehead atoms. The zero-order valence-electron chi connectivity index (χ0n) is 15.8. The molecule has 5 atom stereocenters. The highest BCUT2D eigenvalue weighted by Crippen LogP contribution is 2.58. The van der Waals surface area contributed by atoms with Crippen LogP contribution < -0.4 is 0 Å². The van der Waals surface area contributed by atoms with E-state index in [-0.39, 0.29) is 11.6 Å². The maximum atomic E-state index is 11.3. The molecule has 27 heavy (non-hydrogen) atoms. The van der Waals surface area contributed by atoms with E-state index in [1.807, 2.05) is 36.5 Å². The van der Waals surface area contributed by atoms with Crippen LogP contribution in [0, 0.1) is 11.8 Å². The van der Waals surface area contributed by atoms with E-state index in [1.165, 1.54) is 12.8 Å². The van der Waals surface area contributed by atoms with Crippen molar-refractivity contribution in [2.24, 2.45) is 18.9 Å². The Morgan fingerprint density at radius 1 is 1.22 bits per heavy atom. The summed E-state index contributed by atoms with van der Waals surface area (Å²) in [6, 6.07) is 2.85. The van der Waals surface area contributed by atoms with Crippen LogP contribution in [0.2, 0.25) is 0 Å². The molecule has 0 radical (unpaired) electrons. The minimum atomic E-state index is -0.310. The van der Waals surface area contributed by atoms with Gasteiger partial charge in [-0.05, 0) is 56.2 Å². The van der Waals surface area contributed by atoms with Gasteiger partial charge >= 0.3 is 0 Å². The third kappa shape index (κ3) is 1.97. The van der Waals surface area contributed by atoms with Crippen LogP contribution >= 0.6 is 0 Å². The number of nitrogens with zero attached hydrogens (tertiary/aromatic N) is 4. The molecule has 7 rings (SSSR count). The highest BCUT2D eigenvalue weighted by Gasteiger charge is 2.60. The van der Waals surface area contributed by atoms with Gasteiger partial charge in [-0.25, -0.2) is 4.98 Å².